The summed E-state index contributed by atoms with van der Waals surface area (Å²) in [6.45, 7) is 5.39. The van der Waals surface area contributed by atoms with Crippen molar-refractivity contribution in [1.29, 1.82) is 5.26 Å². The van der Waals surface area contributed by atoms with Gasteiger partial charge in [-0.2, -0.15) is 5.26 Å². The summed E-state index contributed by atoms with van der Waals surface area (Å²) in [5.41, 5.74) is -0.251. The van der Waals surface area contributed by atoms with E-state index in [1.807, 2.05) is 6.92 Å². The molecule has 8 heteroatoms. The van der Waals surface area contributed by atoms with E-state index in [1.165, 1.54) is 0 Å². The van der Waals surface area contributed by atoms with Gasteiger partial charge in [-0.3, -0.25) is 10.1 Å². The summed E-state index contributed by atoms with van der Waals surface area (Å²) in [4.78, 5) is 40.3. The summed E-state index contributed by atoms with van der Waals surface area (Å²) in [5.74, 6) is -1.60. The molecule has 2 fully saturated rings. The largest absolute Gasteiger partial charge is 0.480 e. The molecule has 5 atom stereocenters. The van der Waals surface area contributed by atoms with Gasteiger partial charge in [-0.25, -0.2) is 9.59 Å². The zero-order valence-electron chi connectivity index (χ0n) is 19.5. The van der Waals surface area contributed by atoms with E-state index >= 15 is 0 Å². The molecule has 1 saturated carbocycles. The normalized spacial score (nSPS) is 24.8. The first-order valence-corrected chi connectivity index (χ1v) is 11.8. The Hall–Kier alpha value is -2.92. The Morgan fingerprint density at radius 1 is 1.24 bits per heavy atom. The maximum Gasteiger partial charge on any atom is 0.330 e. The average molecular weight is 456 g/mol. The van der Waals surface area contributed by atoms with E-state index in [4.69, 9.17) is 10.00 Å². The zero-order chi connectivity index (χ0) is 24.2. The van der Waals surface area contributed by atoms with Gasteiger partial charge in [0.1, 0.15) is 11.6 Å². The predicted molar refractivity (Wildman–Crippen MR) is 121 cm³/mol. The molecule has 2 N–H and O–H groups in total. The van der Waals surface area contributed by atoms with Crippen LogP contribution in [0.5, 0.6) is 0 Å². The molecular formula is C25H33N3O5. The highest BCUT2D eigenvalue weighted by Crippen LogP contribution is 2.40. The summed E-state index contributed by atoms with van der Waals surface area (Å²) < 4.78 is 5.38. The number of hydrogen-bond acceptors (Lipinski definition) is 6. The van der Waals surface area contributed by atoms with Crippen LogP contribution in [0.25, 0.3) is 0 Å². The van der Waals surface area contributed by atoms with E-state index in [0.29, 0.717) is 24.0 Å². The Labute approximate surface area is 194 Å². The molecule has 0 spiro atoms. The molecule has 1 aliphatic heterocycles. The smallest absolute Gasteiger partial charge is 0.330 e. The van der Waals surface area contributed by atoms with Crippen LogP contribution in [0.1, 0.15) is 70.4 Å². The van der Waals surface area contributed by atoms with Gasteiger partial charge in [-0.05, 0) is 63.1 Å². The minimum Gasteiger partial charge on any atom is -0.480 e. The highest BCUT2D eigenvalue weighted by Gasteiger charge is 2.50. The van der Waals surface area contributed by atoms with Gasteiger partial charge in [-0.15, -0.1) is 0 Å². The molecule has 1 heterocycles. The van der Waals surface area contributed by atoms with Crippen LogP contribution in [0.2, 0.25) is 0 Å². The van der Waals surface area contributed by atoms with Gasteiger partial charge in [0.05, 0.1) is 24.3 Å². The molecular weight excluding hydrogens is 422 g/mol. The van der Waals surface area contributed by atoms with Crippen LogP contribution in [0.4, 0.5) is 0 Å². The Morgan fingerprint density at radius 3 is 2.48 bits per heavy atom. The molecule has 2 aliphatic rings. The maximum atomic E-state index is 13.6. The lowest BCUT2D eigenvalue weighted by atomic mass is 9.84. The molecule has 1 aliphatic carbocycles. The number of fused-ring (bicyclic) bond motifs is 1. The van der Waals surface area contributed by atoms with E-state index in [-0.39, 0.29) is 24.5 Å². The summed E-state index contributed by atoms with van der Waals surface area (Å²) in [5, 5.41) is 22.1. The number of nitrogens with zero attached hydrogens (tertiary/aromatic N) is 2. The van der Waals surface area contributed by atoms with Gasteiger partial charge in [0, 0.05) is 6.04 Å². The first kappa shape index (κ1) is 24.7. The third-order valence-electron chi connectivity index (χ3n) is 7.12. The number of rotatable bonds is 8. The monoisotopic (exact) mass is 455 g/mol. The quantitative estimate of drug-likeness (QED) is 0.578. The van der Waals surface area contributed by atoms with Gasteiger partial charge >= 0.3 is 11.9 Å². The minimum atomic E-state index is -1.30. The van der Waals surface area contributed by atoms with Crippen molar-refractivity contribution in [2.45, 2.75) is 83.0 Å². The molecule has 1 aromatic carbocycles. The number of likely N-dealkylation sites (tertiary alicyclic amines) is 1. The predicted octanol–water partition coefficient (Wildman–Crippen LogP) is 2.95. The molecule has 0 aromatic heterocycles. The maximum absolute atomic E-state index is 13.6. The number of esters is 1. The van der Waals surface area contributed by atoms with Gasteiger partial charge < -0.3 is 14.7 Å². The van der Waals surface area contributed by atoms with Crippen molar-refractivity contribution in [2.24, 2.45) is 5.92 Å². The van der Waals surface area contributed by atoms with Gasteiger partial charge in [-0.1, -0.05) is 31.9 Å². The molecule has 3 rings (SSSR count). The number of carboxylic acids is 1. The number of amides is 1. The van der Waals surface area contributed by atoms with E-state index in [0.717, 1.165) is 25.7 Å². The lowest BCUT2D eigenvalue weighted by molar-refractivity contribution is -0.155. The molecule has 1 amide bonds. The van der Waals surface area contributed by atoms with Crippen LogP contribution in [0.15, 0.2) is 24.3 Å². The summed E-state index contributed by atoms with van der Waals surface area (Å²) in [6, 6.07) is 6.96. The van der Waals surface area contributed by atoms with E-state index in [9.17, 15) is 19.5 Å². The number of nitriles is 1. The first-order valence-electron chi connectivity index (χ1n) is 11.8. The Bertz CT molecular complexity index is 925. The second-order valence-electron chi connectivity index (χ2n) is 8.98. The molecule has 1 saturated heterocycles. The zero-order valence-corrected chi connectivity index (χ0v) is 19.5. The van der Waals surface area contributed by atoms with Crippen molar-refractivity contribution in [1.82, 2.24) is 10.2 Å². The standard InChI is InChI=1S/C25H33N3O5/c1-4-25(24(32)33-5-2,19-12-10-17(15-26)11-13-19)27-16(3)22(29)28-20-9-7-6-8-18(20)14-21(28)23(30)31/h10-13,16,18,20-21,27H,4-9,14H2,1-3H3,(H,30,31)/t16-,18+,20+,21-,25-/m0/s1. The topological polar surface area (TPSA) is 120 Å². The Kier molecular flexibility index (Phi) is 7.75. The van der Waals surface area contributed by atoms with Crippen molar-refractivity contribution in [2.75, 3.05) is 6.61 Å². The van der Waals surface area contributed by atoms with Gasteiger partial charge in [0.2, 0.25) is 5.91 Å². The van der Waals surface area contributed by atoms with Crippen LogP contribution < -0.4 is 5.32 Å². The second kappa shape index (κ2) is 10.3. The van der Waals surface area contributed by atoms with Crippen molar-refractivity contribution < 1.29 is 24.2 Å². The number of hydrogen-bond donors (Lipinski definition) is 2. The van der Waals surface area contributed by atoms with Crippen LogP contribution in [-0.4, -0.2) is 52.6 Å². The number of nitrogens with one attached hydrogen (secondary N) is 1. The number of benzene rings is 1. The SMILES string of the molecule is CCOC(=O)[C@@](CC)(N[C@@H](C)C(=O)N1[C@@H]2CCCC[C@@H]2C[C@H]1C(=O)O)c1ccc(C#N)cc1. The number of carboxylic acid groups (broad SMARTS) is 1. The van der Waals surface area contributed by atoms with E-state index in [2.05, 4.69) is 11.4 Å². The van der Waals surface area contributed by atoms with Crippen molar-refractivity contribution >= 4 is 17.8 Å². The van der Waals surface area contributed by atoms with E-state index in [1.54, 1.807) is 43.0 Å². The molecule has 1 aromatic rings. The Morgan fingerprint density at radius 2 is 1.91 bits per heavy atom. The van der Waals surface area contributed by atoms with Crippen LogP contribution >= 0.6 is 0 Å². The number of carbonyl (C=O) groups is 3. The molecule has 0 unspecified atom stereocenters. The van der Waals surface area contributed by atoms with Gasteiger partial charge in [0.25, 0.3) is 0 Å². The first-order chi connectivity index (χ1) is 15.8. The summed E-state index contributed by atoms with van der Waals surface area (Å²) in [6.07, 6.45) is 4.57. The summed E-state index contributed by atoms with van der Waals surface area (Å²) in [7, 11) is 0. The van der Waals surface area contributed by atoms with Crippen LogP contribution in [0.3, 0.4) is 0 Å². The number of carbonyl (C=O) groups excluding carboxylic acids is 2. The summed E-state index contributed by atoms with van der Waals surface area (Å²) >= 11 is 0. The van der Waals surface area contributed by atoms with E-state index < -0.39 is 29.6 Å². The van der Waals surface area contributed by atoms with Crippen molar-refractivity contribution in [3.63, 3.8) is 0 Å². The number of aliphatic carboxylic acids is 1. The Balaban J connectivity index is 1.92. The van der Waals surface area contributed by atoms with Crippen molar-refractivity contribution in [3.8, 4) is 6.07 Å². The molecule has 8 nitrogen and oxygen atoms in total. The highest BCUT2D eigenvalue weighted by atomic mass is 16.5. The molecule has 0 radical (unpaired) electrons. The third-order valence-corrected chi connectivity index (χ3v) is 7.12. The molecule has 178 valence electrons. The minimum absolute atomic E-state index is 0.0786. The van der Waals surface area contributed by atoms with Crippen LogP contribution in [-0.2, 0) is 24.7 Å². The molecule has 0 bridgehead atoms. The van der Waals surface area contributed by atoms with Crippen LogP contribution in [0, 0.1) is 17.2 Å². The number of ether oxygens (including phenoxy) is 1. The third kappa shape index (κ3) is 4.74. The highest BCUT2D eigenvalue weighted by molar-refractivity contribution is 5.89. The second-order valence-corrected chi connectivity index (χ2v) is 8.98. The van der Waals surface area contributed by atoms with Crippen molar-refractivity contribution in [3.05, 3.63) is 35.4 Å². The fourth-order valence-electron chi connectivity index (χ4n) is 5.45. The van der Waals surface area contributed by atoms with Gasteiger partial charge in [0.15, 0.2) is 0 Å². The fourth-order valence-corrected chi connectivity index (χ4v) is 5.45. The average Bonchev–Trinajstić information content (AvgIpc) is 3.22. The lowest BCUT2D eigenvalue weighted by Gasteiger charge is -2.38. The lowest BCUT2D eigenvalue weighted by Crippen LogP contribution is -2.59. The fraction of sp³-hybridized carbons (Fsp3) is 0.600. The molecule has 33 heavy (non-hydrogen) atoms.